The van der Waals surface area contributed by atoms with Crippen molar-refractivity contribution >= 4 is 15.9 Å². The summed E-state index contributed by atoms with van der Waals surface area (Å²) in [7, 11) is 0. The first-order valence-electron chi connectivity index (χ1n) is 3.56. The molecule has 0 amide bonds. The highest BCUT2D eigenvalue weighted by Crippen LogP contribution is 2.24. The molecule has 1 aromatic rings. The third-order valence-corrected chi connectivity index (χ3v) is 2.08. The van der Waals surface area contributed by atoms with Crippen molar-refractivity contribution in [1.82, 2.24) is 4.98 Å². The number of aromatic nitrogens is 1. The van der Waals surface area contributed by atoms with Crippen LogP contribution in [0.1, 0.15) is 18.6 Å². The molecule has 0 bridgehead atoms. The van der Waals surface area contributed by atoms with E-state index in [1.54, 1.807) is 6.92 Å². The fourth-order valence-corrected chi connectivity index (χ4v) is 1.42. The number of aliphatic hydroxyl groups is 1. The second-order valence-electron chi connectivity index (χ2n) is 2.31. The molecule has 0 spiro atoms. The maximum atomic E-state index is 13.1. The van der Waals surface area contributed by atoms with E-state index in [-0.39, 0.29) is 5.56 Å². The average Bonchev–Trinajstić information content (AvgIpc) is 2.04. The van der Waals surface area contributed by atoms with Crippen LogP contribution in [0.2, 0.25) is 0 Å². The fraction of sp³-hybridized carbons (Fsp3) is 0.222. The van der Waals surface area contributed by atoms with Crippen molar-refractivity contribution in [3.05, 3.63) is 28.2 Å². The molecule has 4 heteroatoms. The molecule has 2 nitrogen and oxygen atoms in total. The van der Waals surface area contributed by atoms with E-state index in [9.17, 15) is 9.50 Å². The zero-order chi connectivity index (χ0) is 9.84. The molecule has 0 aliphatic rings. The van der Waals surface area contributed by atoms with Crippen LogP contribution in [0.15, 0.2) is 16.9 Å². The van der Waals surface area contributed by atoms with Crippen LogP contribution in [0.4, 0.5) is 4.39 Å². The average molecular weight is 244 g/mol. The van der Waals surface area contributed by atoms with E-state index in [1.807, 2.05) is 0 Å². The molecule has 0 aliphatic heterocycles. The van der Waals surface area contributed by atoms with Crippen LogP contribution in [-0.2, 0) is 0 Å². The number of halogens is 2. The van der Waals surface area contributed by atoms with Gasteiger partial charge in [-0.1, -0.05) is 5.92 Å². The van der Waals surface area contributed by atoms with Gasteiger partial charge in [0.15, 0.2) is 0 Å². The van der Waals surface area contributed by atoms with E-state index < -0.39 is 11.9 Å². The summed E-state index contributed by atoms with van der Waals surface area (Å²) in [6, 6.07) is 0. The molecule has 0 aromatic carbocycles. The number of nitrogens with zero attached hydrogens (tertiary/aromatic N) is 1. The monoisotopic (exact) mass is 243 g/mol. The van der Waals surface area contributed by atoms with Crippen LogP contribution >= 0.6 is 15.9 Å². The first kappa shape index (κ1) is 10.2. The Morgan fingerprint density at radius 1 is 1.62 bits per heavy atom. The molecule has 0 radical (unpaired) electrons. The number of aliphatic hydroxyl groups excluding tert-OH is 1. The van der Waals surface area contributed by atoms with Gasteiger partial charge < -0.3 is 5.11 Å². The molecule has 1 N–H and O–H groups in total. The molecule has 1 rings (SSSR count). The molecule has 0 fully saturated rings. The first-order valence-corrected chi connectivity index (χ1v) is 4.35. The van der Waals surface area contributed by atoms with Gasteiger partial charge in [0.2, 0.25) is 0 Å². The summed E-state index contributed by atoms with van der Waals surface area (Å²) in [6.07, 6.45) is 1.35. The molecule has 1 unspecified atom stereocenters. The van der Waals surface area contributed by atoms with Gasteiger partial charge in [-0.2, -0.15) is 0 Å². The number of hydrogen-bond donors (Lipinski definition) is 1. The Bertz CT molecular complexity index is 349. The van der Waals surface area contributed by atoms with Crippen LogP contribution in [-0.4, -0.2) is 10.1 Å². The van der Waals surface area contributed by atoms with Crippen LogP contribution in [0, 0.1) is 17.7 Å². The van der Waals surface area contributed by atoms with Crippen molar-refractivity contribution < 1.29 is 9.50 Å². The molecule has 1 atom stereocenters. The summed E-state index contributed by atoms with van der Waals surface area (Å²) in [5.74, 6) is 4.40. The fourth-order valence-electron chi connectivity index (χ4n) is 0.891. The van der Waals surface area contributed by atoms with Gasteiger partial charge in [-0.05, 0) is 22.9 Å². The summed E-state index contributed by atoms with van der Waals surface area (Å²) in [4.78, 5) is 3.61. The van der Waals surface area contributed by atoms with Crippen molar-refractivity contribution in [2.45, 2.75) is 13.0 Å². The summed E-state index contributed by atoms with van der Waals surface area (Å²) < 4.78 is 13.5. The second-order valence-corrected chi connectivity index (χ2v) is 3.17. The van der Waals surface area contributed by atoms with E-state index in [4.69, 9.17) is 0 Å². The lowest BCUT2D eigenvalue weighted by molar-refractivity contribution is 0.231. The van der Waals surface area contributed by atoms with Gasteiger partial charge >= 0.3 is 0 Å². The molecular weight excluding hydrogens is 237 g/mol. The van der Waals surface area contributed by atoms with E-state index in [0.717, 1.165) is 6.20 Å². The van der Waals surface area contributed by atoms with Gasteiger partial charge in [-0.25, -0.2) is 4.39 Å². The van der Waals surface area contributed by atoms with Gasteiger partial charge in [0.25, 0.3) is 0 Å². The van der Waals surface area contributed by atoms with Crippen molar-refractivity contribution in [1.29, 1.82) is 0 Å². The van der Waals surface area contributed by atoms with E-state index in [2.05, 4.69) is 32.8 Å². The van der Waals surface area contributed by atoms with Gasteiger partial charge in [0.1, 0.15) is 11.9 Å². The van der Waals surface area contributed by atoms with Crippen LogP contribution in [0.25, 0.3) is 0 Å². The van der Waals surface area contributed by atoms with Crippen LogP contribution in [0.3, 0.4) is 0 Å². The van der Waals surface area contributed by atoms with Crippen molar-refractivity contribution in [2.75, 3.05) is 0 Å². The van der Waals surface area contributed by atoms with Crippen LogP contribution in [0.5, 0.6) is 0 Å². The van der Waals surface area contributed by atoms with Crippen molar-refractivity contribution in [3.63, 3.8) is 0 Å². The Morgan fingerprint density at radius 3 is 2.85 bits per heavy atom. The van der Waals surface area contributed by atoms with E-state index >= 15 is 0 Å². The second kappa shape index (κ2) is 4.35. The topological polar surface area (TPSA) is 33.1 Å². The smallest absolute Gasteiger partial charge is 0.149 e. The summed E-state index contributed by atoms with van der Waals surface area (Å²) in [6.45, 7) is 1.58. The summed E-state index contributed by atoms with van der Waals surface area (Å²) in [5.41, 5.74) is 0.129. The largest absolute Gasteiger partial charge is 0.376 e. The standard InChI is InChI=1S/C9H7BrFNO/c1-2-3-8(13)9-6(10)4-12-5-7(9)11/h4-5,8,13H,1H3. The highest BCUT2D eigenvalue weighted by atomic mass is 79.9. The van der Waals surface area contributed by atoms with Gasteiger partial charge in [0.05, 0.1) is 6.20 Å². The lowest BCUT2D eigenvalue weighted by Gasteiger charge is -2.06. The number of rotatable bonds is 1. The lowest BCUT2D eigenvalue weighted by atomic mass is 10.1. The summed E-state index contributed by atoms with van der Waals surface area (Å²) in [5, 5.41) is 9.41. The minimum atomic E-state index is -1.11. The summed E-state index contributed by atoms with van der Waals surface area (Å²) >= 11 is 3.09. The Hall–Kier alpha value is -0.920. The SMILES string of the molecule is CC#CC(O)c1c(F)cncc1Br. The van der Waals surface area contributed by atoms with Gasteiger partial charge in [0, 0.05) is 16.2 Å². The quantitative estimate of drug-likeness (QED) is 0.767. The van der Waals surface area contributed by atoms with Gasteiger partial charge in [-0.15, -0.1) is 5.92 Å². The number of hydrogen-bond acceptors (Lipinski definition) is 2. The zero-order valence-corrected chi connectivity index (χ0v) is 8.47. The Labute approximate surface area is 83.9 Å². The van der Waals surface area contributed by atoms with E-state index in [1.165, 1.54) is 6.20 Å². The molecule has 0 saturated heterocycles. The Balaban J connectivity index is 3.17. The Morgan fingerprint density at radius 2 is 2.31 bits per heavy atom. The third-order valence-electron chi connectivity index (χ3n) is 1.44. The molecule has 0 aliphatic carbocycles. The maximum absolute atomic E-state index is 13.1. The molecular formula is C9H7BrFNO. The van der Waals surface area contributed by atoms with Gasteiger partial charge in [-0.3, -0.25) is 4.98 Å². The predicted octanol–water partition coefficient (Wildman–Crippen LogP) is 2.04. The van der Waals surface area contributed by atoms with Crippen molar-refractivity contribution in [2.24, 2.45) is 0 Å². The van der Waals surface area contributed by atoms with E-state index in [0.29, 0.717) is 4.47 Å². The minimum absolute atomic E-state index is 0.129. The predicted molar refractivity (Wildman–Crippen MR) is 50.3 cm³/mol. The zero-order valence-electron chi connectivity index (χ0n) is 6.88. The molecule has 0 saturated carbocycles. The maximum Gasteiger partial charge on any atom is 0.149 e. The lowest BCUT2D eigenvalue weighted by Crippen LogP contribution is -2.00. The third kappa shape index (κ3) is 2.27. The normalized spacial score (nSPS) is 11.7. The van der Waals surface area contributed by atoms with Crippen LogP contribution < -0.4 is 0 Å². The first-order chi connectivity index (χ1) is 6.16. The molecule has 1 heterocycles. The highest BCUT2D eigenvalue weighted by molar-refractivity contribution is 9.10. The number of pyridine rings is 1. The molecule has 1 aromatic heterocycles. The Kier molecular flexibility index (Phi) is 3.40. The van der Waals surface area contributed by atoms with Crippen molar-refractivity contribution in [3.8, 4) is 11.8 Å². The minimum Gasteiger partial charge on any atom is -0.376 e. The molecule has 68 valence electrons. The highest BCUT2D eigenvalue weighted by Gasteiger charge is 2.13. The molecule has 13 heavy (non-hydrogen) atoms.